The van der Waals surface area contributed by atoms with Gasteiger partial charge >= 0.3 is 0 Å². The summed E-state index contributed by atoms with van der Waals surface area (Å²) >= 11 is 17.2. The molecule has 0 fully saturated rings. The summed E-state index contributed by atoms with van der Waals surface area (Å²) in [5.41, 5.74) is 0. The van der Waals surface area contributed by atoms with Gasteiger partial charge in [0.2, 0.25) is 0 Å². The predicted octanol–water partition coefficient (Wildman–Crippen LogP) is 5.25. The van der Waals surface area contributed by atoms with Crippen LogP contribution in [0.5, 0.6) is 0 Å². The molecular weight excluding hydrogens is 379 g/mol. The Morgan fingerprint density at radius 3 is 2.55 bits per heavy atom. The van der Waals surface area contributed by atoms with E-state index in [-0.39, 0.29) is 0 Å². The number of hydrogen-bond acceptors (Lipinski definition) is 1. The fourth-order valence-electron chi connectivity index (χ4n) is 0.542. The van der Waals surface area contributed by atoms with Crippen LogP contribution >= 0.6 is 70.7 Å². The summed E-state index contributed by atoms with van der Waals surface area (Å²) in [5.74, 6) is 0. The Hall–Kier alpha value is 1.17. The van der Waals surface area contributed by atoms with Crippen LogP contribution in [0.25, 0.3) is 6.08 Å². The molecule has 0 amide bonds. The lowest BCUT2D eigenvalue weighted by Crippen LogP contribution is -1.54. The number of thiophene rings is 1. The van der Waals surface area contributed by atoms with E-state index in [0.717, 1.165) is 17.1 Å². The molecule has 1 aromatic rings. The van der Waals surface area contributed by atoms with E-state index >= 15 is 0 Å². The van der Waals surface area contributed by atoms with Crippen molar-refractivity contribution < 1.29 is 0 Å². The lowest BCUT2D eigenvalue weighted by Gasteiger charge is -1.81. The number of rotatable bonds is 1. The van der Waals surface area contributed by atoms with E-state index in [4.69, 9.17) is 11.6 Å². The second-order valence-electron chi connectivity index (χ2n) is 1.70. The molecule has 0 nitrogen and oxygen atoms in total. The lowest BCUT2D eigenvalue weighted by molar-refractivity contribution is 1.86. The molecule has 1 heterocycles. The highest BCUT2D eigenvalue weighted by atomic mass is 79.9. The van der Waals surface area contributed by atoms with E-state index < -0.39 is 0 Å². The van der Waals surface area contributed by atoms with Crippen molar-refractivity contribution in [1.82, 2.24) is 0 Å². The Morgan fingerprint density at radius 1 is 1.55 bits per heavy atom. The Balaban J connectivity index is 2.98. The van der Waals surface area contributed by atoms with Crippen molar-refractivity contribution in [2.75, 3.05) is 0 Å². The van der Waals surface area contributed by atoms with Crippen LogP contribution in [0.15, 0.2) is 13.9 Å². The Kier molecular flexibility index (Phi) is 4.12. The van der Waals surface area contributed by atoms with Gasteiger partial charge in [-0.15, -0.1) is 11.3 Å². The minimum absolute atomic E-state index is 0.775. The van der Waals surface area contributed by atoms with Gasteiger partial charge in [-0.2, -0.15) is 0 Å². The molecule has 0 bridgehead atoms. The van der Waals surface area contributed by atoms with Crippen molar-refractivity contribution in [2.24, 2.45) is 0 Å². The van der Waals surface area contributed by atoms with E-state index in [2.05, 4.69) is 47.8 Å². The maximum absolute atomic E-state index is 5.82. The molecule has 0 saturated carbocycles. The smallest absolute Gasteiger partial charge is 0.108 e. The summed E-state index contributed by atoms with van der Waals surface area (Å²) in [6, 6.07) is 1.97. The van der Waals surface area contributed by atoms with Crippen molar-refractivity contribution in [3.8, 4) is 0 Å². The third-order valence-corrected chi connectivity index (χ3v) is 3.80. The number of hydrogen-bond donors (Lipinski definition) is 0. The SMILES string of the molecule is Clc1sc(C=C(Br)Br)cc1Br. The van der Waals surface area contributed by atoms with Crippen LogP contribution in [0.3, 0.4) is 0 Å². The molecule has 0 spiro atoms. The van der Waals surface area contributed by atoms with Crippen LogP contribution in [-0.4, -0.2) is 0 Å². The molecule has 5 heteroatoms. The highest BCUT2D eigenvalue weighted by molar-refractivity contribution is 9.28. The molecule has 0 aliphatic carbocycles. The Bertz CT molecular complexity index is 269. The molecule has 0 unspecified atom stereocenters. The summed E-state index contributed by atoms with van der Waals surface area (Å²) in [6.07, 6.45) is 1.95. The zero-order chi connectivity index (χ0) is 8.43. The fraction of sp³-hybridized carbons (Fsp3) is 0. The second kappa shape index (κ2) is 4.42. The molecular formula is C6H2Br3ClS. The summed E-state index contributed by atoms with van der Waals surface area (Å²) in [5, 5.41) is 0. The predicted molar refractivity (Wildman–Crippen MR) is 62.9 cm³/mol. The van der Waals surface area contributed by atoms with Crippen LogP contribution in [0.4, 0.5) is 0 Å². The van der Waals surface area contributed by atoms with Crippen molar-refractivity contribution in [3.63, 3.8) is 0 Å². The van der Waals surface area contributed by atoms with Gasteiger partial charge in [0.25, 0.3) is 0 Å². The van der Waals surface area contributed by atoms with Crippen LogP contribution in [0.2, 0.25) is 4.34 Å². The topological polar surface area (TPSA) is 0 Å². The summed E-state index contributed by atoms with van der Waals surface area (Å²) in [6.45, 7) is 0. The van der Waals surface area contributed by atoms with E-state index in [1.807, 2.05) is 12.1 Å². The number of halogens is 4. The van der Waals surface area contributed by atoms with E-state index in [9.17, 15) is 0 Å². The van der Waals surface area contributed by atoms with Gasteiger partial charge in [-0.1, -0.05) is 11.6 Å². The zero-order valence-electron chi connectivity index (χ0n) is 5.07. The standard InChI is InChI=1S/C6H2Br3ClS/c7-4-1-3(2-5(8)9)11-6(4)10/h1-2H. The Morgan fingerprint density at radius 2 is 2.18 bits per heavy atom. The molecule has 0 aliphatic rings. The minimum Gasteiger partial charge on any atom is -0.123 e. The lowest BCUT2D eigenvalue weighted by atomic mass is 10.5. The molecule has 0 saturated heterocycles. The first kappa shape index (κ1) is 10.3. The van der Waals surface area contributed by atoms with Gasteiger partial charge in [-0.05, 0) is 59.9 Å². The summed E-state index contributed by atoms with van der Waals surface area (Å²) < 4.78 is 2.63. The maximum Gasteiger partial charge on any atom is 0.108 e. The first-order chi connectivity index (χ1) is 5.09. The first-order valence-corrected chi connectivity index (χ1v) is 6.14. The highest BCUT2D eigenvalue weighted by Gasteiger charge is 2.01. The quantitative estimate of drug-likeness (QED) is 0.623. The molecule has 0 atom stereocenters. The highest BCUT2D eigenvalue weighted by Crippen LogP contribution is 2.34. The fourth-order valence-corrected chi connectivity index (χ4v) is 3.02. The third-order valence-electron chi connectivity index (χ3n) is 0.916. The van der Waals surface area contributed by atoms with Crippen molar-refractivity contribution in [3.05, 3.63) is 23.1 Å². The van der Waals surface area contributed by atoms with Gasteiger partial charge in [0.15, 0.2) is 0 Å². The summed E-state index contributed by atoms with van der Waals surface area (Å²) in [7, 11) is 0. The monoisotopic (exact) mass is 378 g/mol. The van der Waals surface area contributed by atoms with Gasteiger partial charge in [-0.25, -0.2) is 0 Å². The van der Waals surface area contributed by atoms with Gasteiger partial charge in [0.05, 0.1) is 3.39 Å². The van der Waals surface area contributed by atoms with Gasteiger partial charge in [0.1, 0.15) is 4.34 Å². The van der Waals surface area contributed by atoms with Crippen LogP contribution < -0.4 is 0 Å². The van der Waals surface area contributed by atoms with Gasteiger partial charge in [0, 0.05) is 9.35 Å². The van der Waals surface area contributed by atoms with Crippen molar-refractivity contribution >= 4 is 76.8 Å². The average molecular weight is 381 g/mol. The molecule has 1 aromatic heterocycles. The Labute approximate surface area is 99.0 Å². The van der Waals surface area contributed by atoms with Crippen LogP contribution in [0.1, 0.15) is 4.88 Å². The molecule has 60 valence electrons. The van der Waals surface area contributed by atoms with Gasteiger partial charge in [-0.3, -0.25) is 0 Å². The molecule has 0 N–H and O–H groups in total. The molecule has 0 aliphatic heterocycles. The van der Waals surface area contributed by atoms with E-state index in [1.54, 1.807) is 0 Å². The summed E-state index contributed by atoms with van der Waals surface area (Å²) in [4.78, 5) is 1.10. The average Bonchev–Trinajstić information content (AvgIpc) is 2.10. The minimum atomic E-state index is 0.775. The second-order valence-corrected chi connectivity index (χ2v) is 7.02. The largest absolute Gasteiger partial charge is 0.123 e. The van der Waals surface area contributed by atoms with E-state index in [0.29, 0.717) is 0 Å². The first-order valence-electron chi connectivity index (χ1n) is 2.57. The molecule has 11 heavy (non-hydrogen) atoms. The zero-order valence-corrected chi connectivity index (χ0v) is 11.4. The van der Waals surface area contributed by atoms with Crippen molar-refractivity contribution in [1.29, 1.82) is 0 Å². The van der Waals surface area contributed by atoms with Gasteiger partial charge < -0.3 is 0 Å². The maximum atomic E-state index is 5.82. The van der Waals surface area contributed by atoms with E-state index in [1.165, 1.54) is 11.3 Å². The molecule has 0 aromatic carbocycles. The van der Waals surface area contributed by atoms with Crippen molar-refractivity contribution in [2.45, 2.75) is 0 Å². The normalized spacial score (nSPS) is 9.82. The molecule has 0 radical (unpaired) electrons. The molecule has 1 rings (SSSR count). The van der Waals surface area contributed by atoms with Crippen LogP contribution in [0, 0.1) is 0 Å². The third kappa shape index (κ3) is 3.19. The van der Waals surface area contributed by atoms with Crippen LogP contribution in [-0.2, 0) is 0 Å².